The highest BCUT2D eigenvalue weighted by atomic mass is 32.2. The fourth-order valence-electron chi connectivity index (χ4n) is 3.15. The third kappa shape index (κ3) is 3.40. The van der Waals surface area contributed by atoms with Gasteiger partial charge in [-0.25, -0.2) is 8.42 Å². The molecule has 0 radical (unpaired) electrons. The first-order chi connectivity index (χ1) is 10.1. The van der Waals surface area contributed by atoms with Gasteiger partial charge in [0.25, 0.3) is 0 Å². The Morgan fingerprint density at radius 1 is 1.10 bits per heavy atom. The van der Waals surface area contributed by atoms with Crippen molar-refractivity contribution in [3.63, 3.8) is 0 Å². The zero-order valence-corrected chi connectivity index (χ0v) is 13.1. The summed E-state index contributed by atoms with van der Waals surface area (Å²) in [5.74, 6) is 0.273. The molecule has 1 aromatic carbocycles. The Labute approximate surface area is 126 Å². The lowest BCUT2D eigenvalue weighted by Gasteiger charge is -2.35. The summed E-state index contributed by atoms with van der Waals surface area (Å²) in [6, 6.07) is 7.36. The van der Waals surface area contributed by atoms with Crippen LogP contribution in [-0.4, -0.2) is 35.7 Å². The standard InChI is InChI=1S/C16H23NO3S/c18-15-8-5-13(6-9-15)4-7-14-3-1-2-12-17(14)21(19,20)16-10-11-16/h5-6,8-9,14,16,18H,1-4,7,10-12H2/t14-/m1/s1. The van der Waals surface area contributed by atoms with Crippen molar-refractivity contribution in [3.05, 3.63) is 29.8 Å². The highest BCUT2D eigenvalue weighted by Crippen LogP contribution is 2.35. The van der Waals surface area contributed by atoms with Crippen LogP contribution in [-0.2, 0) is 16.4 Å². The smallest absolute Gasteiger partial charge is 0.217 e. The van der Waals surface area contributed by atoms with Crippen LogP contribution in [0.2, 0.25) is 0 Å². The number of sulfonamides is 1. The summed E-state index contributed by atoms with van der Waals surface area (Å²) in [6.45, 7) is 0.694. The number of aromatic hydroxyl groups is 1. The van der Waals surface area contributed by atoms with Crippen LogP contribution in [0, 0.1) is 0 Å². The molecule has 1 N–H and O–H groups in total. The maximum absolute atomic E-state index is 12.5. The third-order valence-corrected chi connectivity index (χ3v) is 7.00. The van der Waals surface area contributed by atoms with E-state index in [9.17, 15) is 13.5 Å². The molecule has 1 aliphatic carbocycles. The van der Waals surface area contributed by atoms with E-state index in [1.165, 1.54) is 0 Å². The fourth-order valence-corrected chi connectivity index (χ4v) is 5.28. The summed E-state index contributed by atoms with van der Waals surface area (Å²) in [5.41, 5.74) is 1.15. The molecule has 0 unspecified atom stereocenters. The summed E-state index contributed by atoms with van der Waals surface area (Å²) in [7, 11) is -3.06. The largest absolute Gasteiger partial charge is 0.508 e. The number of aryl methyl sites for hydroxylation is 1. The lowest BCUT2D eigenvalue weighted by atomic mass is 9.98. The van der Waals surface area contributed by atoms with E-state index in [4.69, 9.17) is 0 Å². The molecule has 1 atom stereocenters. The Morgan fingerprint density at radius 3 is 2.48 bits per heavy atom. The van der Waals surface area contributed by atoms with Crippen molar-refractivity contribution < 1.29 is 13.5 Å². The zero-order chi connectivity index (χ0) is 14.9. The average molecular weight is 309 g/mol. The molecule has 0 aromatic heterocycles. The Morgan fingerprint density at radius 2 is 1.81 bits per heavy atom. The lowest BCUT2D eigenvalue weighted by Crippen LogP contribution is -2.45. The van der Waals surface area contributed by atoms with Crippen LogP contribution in [0.15, 0.2) is 24.3 Å². The van der Waals surface area contributed by atoms with Gasteiger partial charge in [0.1, 0.15) is 5.75 Å². The summed E-state index contributed by atoms with van der Waals surface area (Å²) < 4.78 is 26.8. The molecular weight excluding hydrogens is 286 g/mol. The van der Waals surface area contributed by atoms with Gasteiger partial charge in [0.2, 0.25) is 10.0 Å². The van der Waals surface area contributed by atoms with Crippen LogP contribution in [0.3, 0.4) is 0 Å². The van der Waals surface area contributed by atoms with Crippen LogP contribution in [0.5, 0.6) is 5.75 Å². The predicted molar refractivity (Wildman–Crippen MR) is 82.7 cm³/mol. The first kappa shape index (κ1) is 14.9. The van der Waals surface area contributed by atoms with Crippen LogP contribution in [0.1, 0.15) is 44.1 Å². The molecule has 5 heteroatoms. The second-order valence-corrected chi connectivity index (χ2v) is 8.38. The predicted octanol–water partition coefficient (Wildman–Crippen LogP) is 2.67. The minimum atomic E-state index is -3.06. The van der Waals surface area contributed by atoms with Crippen LogP contribution >= 0.6 is 0 Å². The van der Waals surface area contributed by atoms with Crippen molar-refractivity contribution in [3.8, 4) is 5.75 Å². The van der Waals surface area contributed by atoms with E-state index in [1.54, 1.807) is 16.4 Å². The second kappa shape index (κ2) is 5.97. The Bertz CT molecular complexity index is 578. The van der Waals surface area contributed by atoms with Gasteiger partial charge in [-0.05, 0) is 56.2 Å². The van der Waals surface area contributed by atoms with Gasteiger partial charge < -0.3 is 5.11 Å². The third-order valence-electron chi connectivity index (χ3n) is 4.55. The molecule has 0 amide bonds. The van der Waals surface area contributed by atoms with Crippen LogP contribution < -0.4 is 0 Å². The van der Waals surface area contributed by atoms with Gasteiger partial charge in [0.15, 0.2) is 0 Å². The van der Waals surface area contributed by atoms with Crippen molar-refractivity contribution in [2.24, 2.45) is 0 Å². The molecule has 21 heavy (non-hydrogen) atoms. The van der Waals surface area contributed by atoms with E-state index < -0.39 is 10.0 Å². The number of rotatable bonds is 5. The molecule has 1 saturated heterocycles. The van der Waals surface area contributed by atoms with E-state index in [0.717, 1.165) is 50.5 Å². The molecule has 2 aliphatic rings. The zero-order valence-electron chi connectivity index (χ0n) is 12.2. The fraction of sp³-hybridized carbons (Fsp3) is 0.625. The molecule has 3 rings (SSSR count). The molecule has 2 fully saturated rings. The monoisotopic (exact) mass is 309 g/mol. The van der Waals surface area contributed by atoms with Gasteiger partial charge in [-0.3, -0.25) is 0 Å². The van der Waals surface area contributed by atoms with Crippen LogP contribution in [0.4, 0.5) is 0 Å². The maximum atomic E-state index is 12.5. The number of benzene rings is 1. The van der Waals surface area contributed by atoms with Gasteiger partial charge in [0.05, 0.1) is 5.25 Å². The van der Waals surface area contributed by atoms with Crippen molar-refractivity contribution in [1.29, 1.82) is 0 Å². The molecule has 1 aliphatic heterocycles. The summed E-state index contributed by atoms with van der Waals surface area (Å²) in [6.07, 6.45) is 6.49. The van der Waals surface area contributed by atoms with Crippen molar-refractivity contribution in [2.45, 2.75) is 56.2 Å². The summed E-state index contributed by atoms with van der Waals surface area (Å²) >= 11 is 0. The van der Waals surface area contributed by atoms with E-state index in [1.807, 2.05) is 12.1 Å². The molecule has 0 bridgehead atoms. The van der Waals surface area contributed by atoms with Crippen molar-refractivity contribution >= 4 is 10.0 Å². The second-order valence-electron chi connectivity index (χ2n) is 6.21. The minimum Gasteiger partial charge on any atom is -0.508 e. The van der Waals surface area contributed by atoms with Crippen LogP contribution in [0.25, 0.3) is 0 Å². The molecule has 4 nitrogen and oxygen atoms in total. The summed E-state index contributed by atoms with van der Waals surface area (Å²) in [5, 5.41) is 9.20. The SMILES string of the molecule is O=S(=O)(C1CC1)N1CCCC[C@@H]1CCc1ccc(O)cc1. The van der Waals surface area contributed by atoms with Crippen molar-refractivity contribution in [2.75, 3.05) is 6.54 Å². The molecule has 1 heterocycles. The molecule has 116 valence electrons. The molecule has 1 saturated carbocycles. The van der Waals surface area contributed by atoms with Crippen molar-refractivity contribution in [1.82, 2.24) is 4.31 Å². The number of phenols is 1. The quantitative estimate of drug-likeness (QED) is 0.910. The number of hydrogen-bond donors (Lipinski definition) is 1. The van der Waals surface area contributed by atoms with Gasteiger partial charge in [-0.1, -0.05) is 18.6 Å². The minimum absolute atomic E-state index is 0.105. The molecule has 1 aromatic rings. The number of phenolic OH excluding ortho intramolecular Hbond substituents is 1. The van der Waals surface area contributed by atoms with Gasteiger partial charge >= 0.3 is 0 Å². The lowest BCUT2D eigenvalue weighted by molar-refractivity contribution is 0.240. The normalized spacial score (nSPS) is 24.1. The molecular formula is C16H23NO3S. The highest BCUT2D eigenvalue weighted by Gasteiger charge is 2.43. The van der Waals surface area contributed by atoms with Gasteiger partial charge in [0, 0.05) is 12.6 Å². The Kier molecular flexibility index (Phi) is 4.22. The van der Waals surface area contributed by atoms with E-state index in [2.05, 4.69) is 0 Å². The van der Waals surface area contributed by atoms with Gasteiger partial charge in [-0.2, -0.15) is 4.31 Å². The molecule has 0 spiro atoms. The number of piperidine rings is 1. The topological polar surface area (TPSA) is 57.6 Å². The maximum Gasteiger partial charge on any atom is 0.217 e. The van der Waals surface area contributed by atoms with E-state index in [0.29, 0.717) is 6.54 Å². The number of hydrogen-bond acceptors (Lipinski definition) is 3. The number of nitrogens with zero attached hydrogens (tertiary/aromatic N) is 1. The highest BCUT2D eigenvalue weighted by molar-refractivity contribution is 7.90. The average Bonchev–Trinajstić information content (AvgIpc) is 3.32. The van der Waals surface area contributed by atoms with Gasteiger partial charge in [-0.15, -0.1) is 0 Å². The Balaban J connectivity index is 1.65. The van der Waals surface area contributed by atoms with E-state index >= 15 is 0 Å². The Hall–Kier alpha value is -1.07. The summed E-state index contributed by atoms with van der Waals surface area (Å²) in [4.78, 5) is 0. The van der Waals surface area contributed by atoms with E-state index in [-0.39, 0.29) is 17.0 Å². The first-order valence-electron chi connectivity index (χ1n) is 7.86. The first-order valence-corrected chi connectivity index (χ1v) is 9.36.